The third-order valence-electron chi connectivity index (χ3n) is 4.05. The van der Waals surface area contributed by atoms with Gasteiger partial charge in [-0.15, -0.1) is 0 Å². The van der Waals surface area contributed by atoms with Crippen LogP contribution in [-0.2, 0) is 0 Å². The molecular weight excluding hydrogens is 384 g/mol. The van der Waals surface area contributed by atoms with Gasteiger partial charge >= 0.3 is 0 Å². The maximum absolute atomic E-state index is 8.94. The van der Waals surface area contributed by atoms with Crippen molar-refractivity contribution in [2.45, 2.75) is 13.8 Å². The number of rotatable bonds is 5. The number of benzene rings is 2. The van der Waals surface area contributed by atoms with E-state index >= 15 is 0 Å². The number of allylic oxidation sites excluding steroid dienone is 1. The predicted molar refractivity (Wildman–Crippen MR) is 115 cm³/mol. The molecule has 7 heteroatoms. The molecule has 3 rings (SSSR count). The monoisotopic (exact) mass is 400 g/mol. The molecule has 0 saturated carbocycles. The van der Waals surface area contributed by atoms with Gasteiger partial charge in [0.05, 0.1) is 28.4 Å². The summed E-state index contributed by atoms with van der Waals surface area (Å²) in [6.07, 6.45) is 3.42. The van der Waals surface area contributed by atoms with Crippen molar-refractivity contribution in [2.24, 2.45) is 0 Å². The average Bonchev–Trinajstić information content (AvgIpc) is 2.71. The Kier molecular flexibility index (Phi) is 6.09. The van der Waals surface area contributed by atoms with Crippen LogP contribution in [0.25, 0.3) is 6.08 Å². The van der Waals surface area contributed by atoms with Gasteiger partial charge in [0.25, 0.3) is 0 Å². The minimum absolute atomic E-state index is 0.415. The van der Waals surface area contributed by atoms with Gasteiger partial charge < -0.3 is 10.6 Å². The molecule has 0 saturated heterocycles. The molecule has 0 aliphatic heterocycles. The van der Waals surface area contributed by atoms with Gasteiger partial charge in [-0.25, -0.2) is 4.98 Å². The third-order valence-corrected chi connectivity index (χ3v) is 4.35. The van der Waals surface area contributed by atoms with Crippen molar-refractivity contribution in [1.82, 2.24) is 9.97 Å². The highest BCUT2D eigenvalue weighted by Crippen LogP contribution is 2.31. The van der Waals surface area contributed by atoms with Crippen molar-refractivity contribution in [3.05, 3.63) is 75.9 Å². The molecular formula is C22H17ClN6. The van der Waals surface area contributed by atoms with E-state index < -0.39 is 0 Å². The number of halogens is 1. The van der Waals surface area contributed by atoms with Gasteiger partial charge in [0.1, 0.15) is 5.82 Å². The zero-order valence-electron chi connectivity index (χ0n) is 15.9. The Bertz CT molecular complexity index is 1130. The fraction of sp³-hybridized carbons (Fsp3) is 0.0909. The number of aromatic nitrogens is 2. The van der Waals surface area contributed by atoms with Crippen molar-refractivity contribution >= 4 is 40.8 Å². The fourth-order valence-corrected chi connectivity index (χ4v) is 2.99. The average molecular weight is 401 g/mol. The van der Waals surface area contributed by atoms with Gasteiger partial charge in [0, 0.05) is 17.5 Å². The first-order valence-corrected chi connectivity index (χ1v) is 9.12. The molecule has 142 valence electrons. The van der Waals surface area contributed by atoms with Crippen molar-refractivity contribution in [2.75, 3.05) is 10.6 Å². The number of aryl methyl sites for hydroxylation is 1. The highest BCUT2D eigenvalue weighted by molar-refractivity contribution is 6.33. The number of nitrogens with zero attached hydrogens (tertiary/aromatic N) is 4. The molecule has 0 atom stereocenters. The molecule has 0 unspecified atom stereocenters. The van der Waals surface area contributed by atoms with Crippen LogP contribution in [0, 0.1) is 29.6 Å². The number of hydrogen-bond acceptors (Lipinski definition) is 6. The molecule has 6 nitrogen and oxygen atoms in total. The first-order chi connectivity index (χ1) is 14.0. The highest BCUT2D eigenvalue weighted by Gasteiger charge is 2.09. The maximum Gasteiger partial charge on any atom is 0.229 e. The molecule has 0 spiro atoms. The van der Waals surface area contributed by atoms with E-state index in [1.165, 1.54) is 0 Å². The van der Waals surface area contributed by atoms with Gasteiger partial charge in [-0.2, -0.15) is 15.5 Å². The lowest BCUT2D eigenvalue weighted by molar-refractivity contribution is 1.16. The zero-order valence-corrected chi connectivity index (χ0v) is 16.6. The zero-order chi connectivity index (χ0) is 20.8. The standard InChI is InChI=1S/C22H17ClN6/c1-14(12-24)9-17-10-15(2)21(19(23)11-17)28-20-7-8-26-22(29-20)27-18-5-3-16(13-25)4-6-18/h3-11H,1-2H3,(H2,26,27,28,29)/b14-9+. The van der Waals surface area contributed by atoms with Gasteiger partial charge in [-0.1, -0.05) is 11.6 Å². The van der Waals surface area contributed by atoms with E-state index in [0.717, 1.165) is 22.5 Å². The second kappa shape index (κ2) is 8.88. The van der Waals surface area contributed by atoms with Crippen LogP contribution in [0.2, 0.25) is 5.02 Å². The SMILES string of the molecule is C/C(C#N)=C\c1cc(C)c(Nc2ccnc(Nc3ccc(C#N)cc3)n2)c(Cl)c1. The Labute approximate surface area is 174 Å². The lowest BCUT2D eigenvalue weighted by Crippen LogP contribution is -2.02. The lowest BCUT2D eigenvalue weighted by atomic mass is 10.1. The van der Waals surface area contributed by atoms with E-state index in [-0.39, 0.29) is 0 Å². The minimum atomic E-state index is 0.415. The maximum atomic E-state index is 8.94. The number of nitriles is 2. The minimum Gasteiger partial charge on any atom is -0.339 e. The number of hydrogen-bond donors (Lipinski definition) is 2. The summed E-state index contributed by atoms with van der Waals surface area (Å²) in [5, 5.41) is 24.7. The van der Waals surface area contributed by atoms with Crippen LogP contribution < -0.4 is 10.6 Å². The fourth-order valence-electron chi connectivity index (χ4n) is 2.67. The summed E-state index contributed by atoms with van der Waals surface area (Å²) in [7, 11) is 0. The number of nitrogens with one attached hydrogen (secondary N) is 2. The van der Waals surface area contributed by atoms with Gasteiger partial charge in [0.15, 0.2) is 0 Å². The van der Waals surface area contributed by atoms with Crippen LogP contribution in [-0.4, -0.2) is 9.97 Å². The second-order valence-electron chi connectivity index (χ2n) is 6.34. The second-order valence-corrected chi connectivity index (χ2v) is 6.75. The lowest BCUT2D eigenvalue weighted by Gasteiger charge is -2.13. The molecule has 0 aliphatic carbocycles. The van der Waals surface area contributed by atoms with Crippen LogP contribution in [0.1, 0.15) is 23.6 Å². The largest absolute Gasteiger partial charge is 0.339 e. The Morgan fingerprint density at radius 1 is 1.10 bits per heavy atom. The molecule has 1 aromatic heterocycles. The first-order valence-electron chi connectivity index (χ1n) is 8.74. The van der Waals surface area contributed by atoms with Crippen molar-refractivity contribution in [3.63, 3.8) is 0 Å². The van der Waals surface area contributed by atoms with Crippen LogP contribution in [0.15, 0.2) is 54.2 Å². The molecule has 0 amide bonds. The Morgan fingerprint density at radius 3 is 2.52 bits per heavy atom. The Hall–Kier alpha value is -3.87. The van der Waals surface area contributed by atoms with Crippen LogP contribution >= 0.6 is 11.6 Å². The van der Waals surface area contributed by atoms with E-state index in [1.807, 2.05) is 13.0 Å². The van der Waals surface area contributed by atoms with E-state index in [9.17, 15) is 0 Å². The summed E-state index contributed by atoms with van der Waals surface area (Å²) < 4.78 is 0. The van der Waals surface area contributed by atoms with E-state index in [0.29, 0.717) is 27.9 Å². The summed E-state index contributed by atoms with van der Waals surface area (Å²) in [6.45, 7) is 3.68. The van der Waals surface area contributed by atoms with E-state index in [4.69, 9.17) is 22.1 Å². The van der Waals surface area contributed by atoms with Crippen LogP contribution in [0.3, 0.4) is 0 Å². The summed E-state index contributed by atoms with van der Waals surface area (Å²) in [5.41, 5.74) is 4.49. The quantitative estimate of drug-likeness (QED) is 0.531. The van der Waals surface area contributed by atoms with Crippen LogP contribution in [0.5, 0.6) is 0 Å². The normalized spacial score (nSPS) is 10.7. The summed E-state index contributed by atoms with van der Waals surface area (Å²) >= 11 is 6.45. The molecule has 0 fully saturated rings. The molecule has 3 aromatic rings. The molecule has 2 N–H and O–H groups in total. The van der Waals surface area contributed by atoms with Crippen molar-refractivity contribution in [3.8, 4) is 12.1 Å². The molecule has 2 aromatic carbocycles. The number of anilines is 4. The molecule has 0 aliphatic rings. The Balaban J connectivity index is 1.81. The molecule has 1 heterocycles. The van der Waals surface area contributed by atoms with Crippen LogP contribution in [0.4, 0.5) is 23.1 Å². The summed E-state index contributed by atoms with van der Waals surface area (Å²) in [4.78, 5) is 8.68. The van der Waals surface area contributed by atoms with Gasteiger partial charge in [-0.3, -0.25) is 0 Å². The summed E-state index contributed by atoms with van der Waals surface area (Å²) in [6, 6.07) is 16.7. The summed E-state index contributed by atoms with van der Waals surface area (Å²) in [5.74, 6) is 0.996. The first kappa shape index (κ1) is 19.9. The molecule has 0 bridgehead atoms. The van der Waals surface area contributed by atoms with Crippen molar-refractivity contribution < 1.29 is 0 Å². The van der Waals surface area contributed by atoms with Gasteiger partial charge in [0.2, 0.25) is 5.95 Å². The smallest absolute Gasteiger partial charge is 0.229 e. The third kappa shape index (κ3) is 5.10. The Morgan fingerprint density at radius 2 is 1.86 bits per heavy atom. The van der Waals surface area contributed by atoms with E-state index in [2.05, 4.69) is 32.7 Å². The van der Waals surface area contributed by atoms with Crippen molar-refractivity contribution in [1.29, 1.82) is 10.5 Å². The van der Waals surface area contributed by atoms with E-state index in [1.54, 1.807) is 55.6 Å². The van der Waals surface area contributed by atoms with Gasteiger partial charge in [-0.05, 0) is 73.5 Å². The predicted octanol–water partition coefficient (Wildman–Crippen LogP) is 5.72. The highest BCUT2D eigenvalue weighted by atomic mass is 35.5. The molecule has 0 radical (unpaired) electrons. The molecule has 29 heavy (non-hydrogen) atoms. The topological polar surface area (TPSA) is 97.4 Å².